The lowest BCUT2D eigenvalue weighted by molar-refractivity contribution is -0.296. The molecule has 3 unspecified atom stereocenters. The fourth-order valence-corrected chi connectivity index (χ4v) is 9.86. The van der Waals surface area contributed by atoms with Crippen LogP contribution < -0.4 is 5.32 Å². The van der Waals surface area contributed by atoms with Crippen LogP contribution >= 0.6 is 0 Å². The predicted molar refractivity (Wildman–Crippen MR) is 208 cm³/mol. The number of nitrogens with zero attached hydrogens (tertiary/aromatic N) is 3. The van der Waals surface area contributed by atoms with Crippen LogP contribution in [0.4, 0.5) is 0 Å². The van der Waals surface area contributed by atoms with E-state index in [0.717, 1.165) is 0 Å². The number of carbonyl (C=O) groups is 4. The first kappa shape index (κ1) is 43.5. The van der Waals surface area contributed by atoms with E-state index in [0.29, 0.717) is 23.6 Å². The van der Waals surface area contributed by atoms with Crippen molar-refractivity contribution in [3.63, 3.8) is 0 Å². The smallest absolute Gasteiger partial charge is 0.324 e. The summed E-state index contributed by atoms with van der Waals surface area (Å²) in [4.78, 5) is 63.0. The maximum atomic E-state index is 15.0. The van der Waals surface area contributed by atoms with Crippen LogP contribution in [0.3, 0.4) is 0 Å². The van der Waals surface area contributed by atoms with E-state index in [1.54, 1.807) is 52.1 Å². The van der Waals surface area contributed by atoms with Gasteiger partial charge in [-0.15, -0.1) is 0 Å². The topological polar surface area (TPSA) is 189 Å². The van der Waals surface area contributed by atoms with Crippen LogP contribution in [0.1, 0.15) is 80.3 Å². The summed E-state index contributed by atoms with van der Waals surface area (Å²) in [5.74, 6) is 0.675. The Hall–Kier alpha value is -4.04. The number of cyclic esters (lactones) is 1. The molecule has 14 atom stereocenters. The van der Waals surface area contributed by atoms with Gasteiger partial charge in [0.05, 0.1) is 17.8 Å². The van der Waals surface area contributed by atoms with E-state index in [2.05, 4.69) is 27.3 Å². The lowest BCUT2D eigenvalue weighted by Crippen LogP contribution is -2.60. The van der Waals surface area contributed by atoms with Gasteiger partial charge in [0, 0.05) is 48.0 Å². The van der Waals surface area contributed by atoms with Gasteiger partial charge >= 0.3 is 11.9 Å². The third-order valence-electron chi connectivity index (χ3n) is 12.9. The summed E-state index contributed by atoms with van der Waals surface area (Å²) in [5.41, 5.74) is -3.00. The molecule has 4 saturated heterocycles. The van der Waals surface area contributed by atoms with E-state index < -0.39 is 88.7 Å². The van der Waals surface area contributed by atoms with Crippen molar-refractivity contribution in [2.75, 3.05) is 27.2 Å². The standard InChI is InChI=1S/C43H58N4O11/c1-11-31-43(8)35-32(39(52)57-43)45-22-41(35,6)36(50)23(2)21-42(7,53-18-14-15-27-20-30(58-46-27)28-16-12-13-17-44-28)37(25(4)33(48)26(5)38(51)55-31)56-40-34(49)29(47(9)10)19-24(3)54-40/h12-13,16-17,20,23-26,29,31-32,34-35,37,40,45,49H,11,18-19,21-22H2,1-10H3/t23-,24-,25+,26-,29+,31+,32?,34-,35?,37-,40+,41?,42+,43-/m1/s1. The van der Waals surface area contributed by atoms with Crippen molar-refractivity contribution in [3.05, 3.63) is 36.2 Å². The number of esters is 2. The number of ether oxygens (including phenoxy) is 5. The Kier molecular flexibility index (Phi) is 12.7. The van der Waals surface area contributed by atoms with Gasteiger partial charge in [-0.2, -0.15) is 0 Å². The number of pyridine rings is 1. The summed E-state index contributed by atoms with van der Waals surface area (Å²) < 4.78 is 37.2. The van der Waals surface area contributed by atoms with Crippen molar-refractivity contribution >= 4 is 23.5 Å². The zero-order valence-electron chi connectivity index (χ0n) is 35.1. The van der Waals surface area contributed by atoms with Crippen molar-refractivity contribution < 1.29 is 52.5 Å². The Morgan fingerprint density at radius 1 is 1.07 bits per heavy atom. The van der Waals surface area contributed by atoms with Crippen LogP contribution in [0, 0.1) is 40.9 Å². The molecule has 2 aromatic rings. The highest BCUT2D eigenvalue weighted by atomic mass is 16.7. The molecule has 0 saturated carbocycles. The predicted octanol–water partition coefficient (Wildman–Crippen LogP) is 3.36. The Morgan fingerprint density at radius 3 is 2.48 bits per heavy atom. The molecule has 0 radical (unpaired) electrons. The number of nitrogens with one attached hydrogen (secondary N) is 1. The van der Waals surface area contributed by atoms with Gasteiger partial charge in [-0.25, -0.2) is 0 Å². The minimum atomic E-state index is -1.45. The molecule has 15 nitrogen and oxygen atoms in total. The Labute approximate surface area is 340 Å². The van der Waals surface area contributed by atoms with Gasteiger partial charge < -0.3 is 43.5 Å². The first-order valence-corrected chi connectivity index (χ1v) is 20.3. The van der Waals surface area contributed by atoms with Gasteiger partial charge in [-0.3, -0.25) is 24.2 Å². The lowest BCUT2D eigenvalue weighted by atomic mass is 9.62. The zero-order valence-corrected chi connectivity index (χ0v) is 35.1. The molecule has 0 aliphatic carbocycles. The second-order valence-corrected chi connectivity index (χ2v) is 17.4. The monoisotopic (exact) mass is 806 g/mol. The molecule has 4 aliphatic heterocycles. The first-order valence-electron chi connectivity index (χ1n) is 20.3. The molecule has 6 rings (SSSR count). The summed E-state index contributed by atoms with van der Waals surface area (Å²) in [6.45, 7) is 13.9. The molecule has 15 heteroatoms. The van der Waals surface area contributed by atoms with Crippen molar-refractivity contribution in [1.82, 2.24) is 20.4 Å². The molecular weight excluding hydrogens is 748 g/mol. The molecule has 4 fully saturated rings. The Balaban J connectivity index is 1.41. The van der Waals surface area contributed by atoms with Crippen molar-refractivity contribution in [2.24, 2.45) is 29.1 Å². The molecule has 0 bridgehead atoms. The number of carbonyl (C=O) groups excluding carboxylic acids is 4. The largest absolute Gasteiger partial charge is 0.458 e. The highest BCUT2D eigenvalue weighted by Gasteiger charge is 2.69. The van der Waals surface area contributed by atoms with Gasteiger partial charge in [0.25, 0.3) is 0 Å². The van der Waals surface area contributed by atoms with E-state index in [9.17, 15) is 24.3 Å². The molecular formula is C43H58N4O11. The second-order valence-electron chi connectivity index (χ2n) is 17.4. The van der Waals surface area contributed by atoms with Crippen LogP contribution in [0.2, 0.25) is 0 Å². The SMILES string of the molecule is CC[C@@H]1OC(=O)[C@H](C)C(=O)[C@H](C)[C@@H](O[C@@H]2O[C@H](C)C[C@H](N(C)C)[C@H]2O)[C@@](C)(OCC#Cc2cc(-c3ccccn3)on2)C[C@@H](C)C(=O)C2(C)CNC3C(=O)O[C@@]1(C)C32. The second kappa shape index (κ2) is 16.9. The first-order chi connectivity index (χ1) is 27.3. The fourth-order valence-electron chi connectivity index (χ4n) is 9.86. The Morgan fingerprint density at radius 2 is 1.81 bits per heavy atom. The fraction of sp³-hybridized carbons (Fsp3) is 0.674. The summed E-state index contributed by atoms with van der Waals surface area (Å²) in [6.07, 6.45) is -2.24. The van der Waals surface area contributed by atoms with E-state index in [1.807, 2.05) is 45.8 Å². The summed E-state index contributed by atoms with van der Waals surface area (Å²) >= 11 is 0. The van der Waals surface area contributed by atoms with Crippen LogP contribution in [0.25, 0.3) is 11.5 Å². The van der Waals surface area contributed by atoms with Gasteiger partial charge in [0.15, 0.2) is 29.1 Å². The van der Waals surface area contributed by atoms with E-state index in [1.165, 1.54) is 6.92 Å². The van der Waals surface area contributed by atoms with Crippen LogP contribution in [0.5, 0.6) is 0 Å². The summed E-state index contributed by atoms with van der Waals surface area (Å²) in [6, 6.07) is 5.95. The maximum absolute atomic E-state index is 15.0. The Bertz CT molecular complexity index is 1910. The number of hydrogen-bond acceptors (Lipinski definition) is 15. The van der Waals surface area contributed by atoms with E-state index in [-0.39, 0.29) is 43.9 Å². The highest BCUT2D eigenvalue weighted by Crippen LogP contribution is 2.53. The molecule has 58 heavy (non-hydrogen) atoms. The van der Waals surface area contributed by atoms with Gasteiger partial charge in [-0.05, 0) is 79.1 Å². The van der Waals surface area contributed by atoms with Gasteiger partial charge in [0.2, 0.25) is 0 Å². The lowest BCUT2D eigenvalue weighted by Gasteiger charge is -2.47. The van der Waals surface area contributed by atoms with Crippen molar-refractivity contribution in [2.45, 2.75) is 129 Å². The number of aliphatic hydroxyl groups excluding tert-OH is 1. The molecule has 6 heterocycles. The minimum absolute atomic E-state index is 0.0353. The number of likely N-dealkylation sites (N-methyl/N-ethyl adjacent to an activating group) is 1. The quantitative estimate of drug-likeness (QED) is 0.235. The number of aliphatic hydroxyl groups is 1. The summed E-state index contributed by atoms with van der Waals surface area (Å²) in [7, 11) is 3.72. The highest BCUT2D eigenvalue weighted by molar-refractivity contribution is 6.00. The zero-order chi connectivity index (χ0) is 42.3. The minimum Gasteiger partial charge on any atom is -0.458 e. The molecule has 2 aromatic heterocycles. The molecule has 4 aliphatic rings. The average molecular weight is 807 g/mol. The summed E-state index contributed by atoms with van der Waals surface area (Å²) in [5, 5.41) is 18.9. The number of hydrogen-bond donors (Lipinski definition) is 2. The van der Waals surface area contributed by atoms with Crippen molar-refractivity contribution in [1.29, 1.82) is 0 Å². The molecule has 0 amide bonds. The molecule has 316 valence electrons. The average Bonchev–Trinajstić information content (AvgIpc) is 3.89. The maximum Gasteiger partial charge on any atom is 0.324 e. The normalized spacial score (nSPS) is 39.7. The van der Waals surface area contributed by atoms with Gasteiger partial charge in [0.1, 0.15) is 42.3 Å². The van der Waals surface area contributed by atoms with Crippen LogP contribution in [-0.4, -0.2) is 125 Å². The molecule has 0 spiro atoms. The third-order valence-corrected chi connectivity index (χ3v) is 12.9. The van der Waals surface area contributed by atoms with E-state index in [4.69, 9.17) is 28.2 Å². The number of rotatable bonds is 7. The number of ketones is 2. The third kappa shape index (κ3) is 8.11. The number of Topliss-reactive ketones (excluding diaryl/α,β-unsaturated/α-hetero) is 2. The van der Waals surface area contributed by atoms with Crippen LogP contribution in [-0.2, 0) is 42.9 Å². The number of aromatic nitrogens is 2. The van der Waals surface area contributed by atoms with Crippen LogP contribution in [0.15, 0.2) is 35.0 Å². The van der Waals surface area contributed by atoms with Gasteiger partial charge in [-0.1, -0.05) is 44.8 Å². The molecule has 0 aromatic carbocycles. The molecule has 2 N–H and O–H groups in total. The van der Waals surface area contributed by atoms with E-state index >= 15 is 0 Å². The van der Waals surface area contributed by atoms with Crippen molar-refractivity contribution in [3.8, 4) is 23.3 Å².